The lowest BCUT2D eigenvalue weighted by atomic mass is 9.62. The predicted molar refractivity (Wildman–Crippen MR) is 131 cm³/mol. The number of fused-ring (bicyclic) bond motifs is 2. The van der Waals surface area contributed by atoms with E-state index in [0.717, 1.165) is 17.0 Å². The monoisotopic (exact) mass is 489 g/mol. The number of hydrogen-bond donors (Lipinski definition) is 1. The van der Waals surface area contributed by atoms with E-state index in [2.05, 4.69) is 0 Å². The molecule has 0 spiro atoms. The summed E-state index contributed by atoms with van der Waals surface area (Å²) < 4.78 is 33.7. The molecule has 5 nitrogen and oxygen atoms in total. The van der Waals surface area contributed by atoms with Crippen LogP contribution in [0.2, 0.25) is 0 Å². The SMILES string of the molecule is CC(C)(C)OC(=O)N1C(=O)C(c2ccccc2)(C2C=Cc3cc(F)c(F)cc3C2O)c2ccccc21. The number of aliphatic hydroxyl groups excluding tert-OH is 1. The lowest BCUT2D eigenvalue weighted by Gasteiger charge is -2.40. The Morgan fingerprint density at radius 3 is 2.33 bits per heavy atom. The highest BCUT2D eigenvalue weighted by Gasteiger charge is 2.60. The van der Waals surface area contributed by atoms with Crippen molar-refractivity contribution in [2.75, 3.05) is 4.90 Å². The first-order valence-electron chi connectivity index (χ1n) is 11.6. The number of benzene rings is 3. The molecule has 3 unspecified atom stereocenters. The molecule has 1 aliphatic carbocycles. The lowest BCUT2D eigenvalue weighted by Crippen LogP contribution is -2.50. The molecule has 184 valence electrons. The third kappa shape index (κ3) is 3.54. The number of carbonyl (C=O) groups is 2. The second-order valence-corrected chi connectivity index (χ2v) is 10.0. The summed E-state index contributed by atoms with van der Waals surface area (Å²) in [5, 5.41) is 11.6. The number of para-hydroxylation sites is 1. The molecule has 3 atom stereocenters. The van der Waals surface area contributed by atoms with Gasteiger partial charge < -0.3 is 9.84 Å². The molecule has 1 heterocycles. The Morgan fingerprint density at radius 1 is 1.00 bits per heavy atom. The fourth-order valence-corrected chi connectivity index (χ4v) is 5.25. The van der Waals surface area contributed by atoms with E-state index < -0.39 is 46.7 Å². The molecule has 1 aliphatic heterocycles. The van der Waals surface area contributed by atoms with Gasteiger partial charge in [0.05, 0.1) is 11.8 Å². The second-order valence-electron chi connectivity index (χ2n) is 10.0. The van der Waals surface area contributed by atoms with Crippen LogP contribution >= 0.6 is 0 Å². The van der Waals surface area contributed by atoms with Crippen molar-refractivity contribution in [1.82, 2.24) is 0 Å². The van der Waals surface area contributed by atoms with Crippen molar-refractivity contribution in [3.05, 3.63) is 107 Å². The molecule has 0 radical (unpaired) electrons. The number of halogens is 2. The molecule has 0 saturated heterocycles. The molecule has 1 N–H and O–H groups in total. The highest BCUT2D eigenvalue weighted by molar-refractivity contribution is 6.22. The van der Waals surface area contributed by atoms with E-state index in [1.54, 1.807) is 87.5 Å². The zero-order valence-electron chi connectivity index (χ0n) is 20.0. The number of rotatable bonds is 2. The van der Waals surface area contributed by atoms with E-state index in [-0.39, 0.29) is 5.56 Å². The van der Waals surface area contributed by atoms with Gasteiger partial charge in [0, 0.05) is 5.92 Å². The molecule has 2 amide bonds. The normalized spacial score (nSPS) is 22.8. The van der Waals surface area contributed by atoms with Crippen molar-refractivity contribution in [3.63, 3.8) is 0 Å². The zero-order chi connectivity index (χ0) is 25.8. The maximum Gasteiger partial charge on any atom is 0.421 e. The number of imide groups is 1. The highest BCUT2D eigenvalue weighted by Crippen LogP contribution is 2.55. The third-order valence-electron chi connectivity index (χ3n) is 6.68. The van der Waals surface area contributed by atoms with Crippen LogP contribution in [-0.4, -0.2) is 22.7 Å². The van der Waals surface area contributed by atoms with E-state index in [1.807, 2.05) is 0 Å². The average Bonchev–Trinajstić information content (AvgIpc) is 3.09. The average molecular weight is 490 g/mol. The summed E-state index contributed by atoms with van der Waals surface area (Å²) in [6, 6.07) is 17.7. The first kappa shape index (κ1) is 23.9. The smallest absolute Gasteiger partial charge is 0.421 e. The minimum Gasteiger partial charge on any atom is -0.443 e. The lowest BCUT2D eigenvalue weighted by molar-refractivity contribution is -0.124. The first-order chi connectivity index (χ1) is 17.1. The number of anilines is 1. The second kappa shape index (κ2) is 8.38. The van der Waals surface area contributed by atoms with Crippen molar-refractivity contribution >= 4 is 23.8 Å². The summed E-state index contributed by atoms with van der Waals surface area (Å²) >= 11 is 0. The van der Waals surface area contributed by atoms with Crippen LogP contribution in [0.3, 0.4) is 0 Å². The van der Waals surface area contributed by atoms with E-state index >= 15 is 0 Å². The van der Waals surface area contributed by atoms with Gasteiger partial charge in [-0.3, -0.25) is 4.79 Å². The van der Waals surface area contributed by atoms with E-state index in [1.165, 1.54) is 0 Å². The van der Waals surface area contributed by atoms with Crippen molar-refractivity contribution in [1.29, 1.82) is 0 Å². The van der Waals surface area contributed by atoms with Gasteiger partial charge in [0.15, 0.2) is 11.6 Å². The molecular formula is C29H25F2NO4. The summed E-state index contributed by atoms with van der Waals surface area (Å²) in [5.41, 5.74) is -0.499. The molecule has 0 saturated carbocycles. The van der Waals surface area contributed by atoms with Crippen LogP contribution in [-0.2, 0) is 14.9 Å². The Morgan fingerprint density at radius 2 is 1.64 bits per heavy atom. The minimum absolute atomic E-state index is 0.165. The molecule has 2 aliphatic rings. The molecule has 3 aromatic rings. The molecule has 5 rings (SSSR count). The van der Waals surface area contributed by atoms with Crippen LogP contribution in [0.25, 0.3) is 6.08 Å². The molecule has 36 heavy (non-hydrogen) atoms. The van der Waals surface area contributed by atoms with Gasteiger partial charge in [-0.05, 0) is 61.2 Å². The number of amides is 2. The van der Waals surface area contributed by atoms with Gasteiger partial charge in [0.25, 0.3) is 5.91 Å². The highest BCUT2D eigenvalue weighted by atomic mass is 19.2. The summed E-state index contributed by atoms with van der Waals surface area (Å²) in [4.78, 5) is 28.8. The summed E-state index contributed by atoms with van der Waals surface area (Å²) in [6.45, 7) is 5.13. The van der Waals surface area contributed by atoms with Gasteiger partial charge in [0.2, 0.25) is 0 Å². The van der Waals surface area contributed by atoms with Crippen molar-refractivity contribution in [3.8, 4) is 0 Å². The van der Waals surface area contributed by atoms with E-state index in [0.29, 0.717) is 22.4 Å². The zero-order valence-corrected chi connectivity index (χ0v) is 20.0. The molecule has 7 heteroatoms. The first-order valence-corrected chi connectivity index (χ1v) is 11.6. The van der Waals surface area contributed by atoms with Gasteiger partial charge in [-0.1, -0.05) is 60.7 Å². The Bertz CT molecular complexity index is 1400. The summed E-state index contributed by atoms with van der Waals surface area (Å²) in [6.07, 6.45) is 1.01. The van der Waals surface area contributed by atoms with Crippen LogP contribution in [0.1, 0.15) is 49.1 Å². The minimum atomic E-state index is -1.53. The standard InChI is InChI=1S/C29H25F2NO4/c1-28(2,3)36-27(35)32-24-12-8-7-11-20(24)29(26(32)34,18-9-5-4-6-10-18)21-14-13-17-15-22(30)23(31)16-19(17)25(21)33/h4-16,21,25,33H,1-3H3. The Balaban J connectivity index is 1.75. The van der Waals surface area contributed by atoms with Crippen molar-refractivity contribution in [2.45, 2.75) is 37.9 Å². The summed E-state index contributed by atoms with van der Waals surface area (Å²) in [5.74, 6) is -3.65. The number of nitrogens with zero attached hydrogens (tertiary/aromatic N) is 1. The molecule has 0 bridgehead atoms. The van der Waals surface area contributed by atoms with Gasteiger partial charge in [-0.2, -0.15) is 0 Å². The number of aliphatic hydroxyl groups is 1. The topological polar surface area (TPSA) is 66.8 Å². The molecule has 0 fully saturated rings. The Labute approximate surface area is 207 Å². The van der Waals surface area contributed by atoms with E-state index in [4.69, 9.17) is 4.74 Å². The van der Waals surface area contributed by atoms with Crippen molar-refractivity contribution < 1.29 is 28.2 Å². The van der Waals surface area contributed by atoms with Gasteiger partial charge in [-0.15, -0.1) is 0 Å². The Hall–Kier alpha value is -3.84. The predicted octanol–water partition coefficient (Wildman–Crippen LogP) is 5.91. The number of carbonyl (C=O) groups excluding carboxylic acids is 2. The fourth-order valence-electron chi connectivity index (χ4n) is 5.25. The van der Waals surface area contributed by atoms with Crippen LogP contribution in [0.4, 0.5) is 19.3 Å². The van der Waals surface area contributed by atoms with Crippen molar-refractivity contribution in [2.24, 2.45) is 5.92 Å². The van der Waals surface area contributed by atoms with Gasteiger partial charge >= 0.3 is 6.09 Å². The maximum atomic E-state index is 14.4. The van der Waals surface area contributed by atoms with E-state index in [9.17, 15) is 23.5 Å². The van der Waals surface area contributed by atoms with Gasteiger partial charge in [0.1, 0.15) is 11.0 Å². The number of ether oxygens (including phenoxy) is 1. The van der Waals surface area contributed by atoms with Crippen LogP contribution in [0.15, 0.2) is 72.8 Å². The fraction of sp³-hybridized carbons (Fsp3) is 0.241. The van der Waals surface area contributed by atoms with Gasteiger partial charge in [-0.25, -0.2) is 18.5 Å². The quantitative estimate of drug-likeness (QED) is 0.486. The maximum absolute atomic E-state index is 14.4. The molecule has 3 aromatic carbocycles. The molecule has 0 aromatic heterocycles. The van der Waals surface area contributed by atoms with Crippen LogP contribution in [0.5, 0.6) is 0 Å². The molecular weight excluding hydrogens is 464 g/mol. The third-order valence-corrected chi connectivity index (χ3v) is 6.68. The summed E-state index contributed by atoms with van der Waals surface area (Å²) in [7, 11) is 0. The Kier molecular flexibility index (Phi) is 5.56. The van der Waals surface area contributed by atoms with Crippen LogP contribution in [0, 0.1) is 17.6 Å². The largest absolute Gasteiger partial charge is 0.443 e. The van der Waals surface area contributed by atoms with Crippen LogP contribution < -0.4 is 4.90 Å². The number of hydrogen-bond acceptors (Lipinski definition) is 4.